The van der Waals surface area contributed by atoms with Gasteiger partial charge < -0.3 is 4.74 Å². The second kappa shape index (κ2) is 10.00. The third-order valence-electron chi connectivity index (χ3n) is 4.00. The number of halogens is 2. The lowest BCUT2D eigenvalue weighted by molar-refractivity contribution is -0.384. The fourth-order valence-corrected chi connectivity index (χ4v) is 3.18. The fraction of sp³-hybridized carbons (Fsp3) is 0.0476. The molecule has 152 valence electrons. The maximum Gasteiger partial charge on any atom is 0.271 e. The molecule has 0 aliphatic heterocycles. The van der Waals surface area contributed by atoms with Gasteiger partial charge in [0.05, 0.1) is 15.6 Å². The van der Waals surface area contributed by atoms with Gasteiger partial charge in [0.1, 0.15) is 12.4 Å². The summed E-state index contributed by atoms with van der Waals surface area (Å²) in [6, 6.07) is 18.2. The van der Waals surface area contributed by atoms with Crippen molar-refractivity contribution in [1.29, 1.82) is 0 Å². The van der Waals surface area contributed by atoms with Crippen molar-refractivity contribution in [3.05, 3.63) is 103 Å². The molecule has 0 aromatic heterocycles. The van der Waals surface area contributed by atoms with E-state index in [4.69, 9.17) is 16.3 Å². The quantitative estimate of drug-likeness (QED) is 0.275. The number of carbonyl (C=O) groups is 1. The van der Waals surface area contributed by atoms with Crippen molar-refractivity contribution < 1.29 is 14.5 Å². The molecule has 1 N–H and O–H groups in total. The summed E-state index contributed by atoms with van der Waals surface area (Å²) < 4.78 is 6.50. The Bertz CT molecular complexity index is 1120. The average Bonchev–Trinajstić information content (AvgIpc) is 2.74. The number of nitrogens with zero attached hydrogens (tertiary/aromatic N) is 2. The van der Waals surface area contributed by atoms with E-state index in [-0.39, 0.29) is 11.3 Å². The van der Waals surface area contributed by atoms with Crippen LogP contribution in [0.15, 0.2) is 76.3 Å². The third kappa shape index (κ3) is 5.65. The number of carbonyl (C=O) groups excluding carboxylic acids is 1. The highest BCUT2D eigenvalue weighted by Crippen LogP contribution is 2.27. The standard InChI is InChI=1S/C21H15BrClN3O4/c22-18-10-14(8-9-20(18)30-13-16-4-1-2-7-19(16)23)12-24-25-21(27)15-5-3-6-17(11-15)26(28)29/h1-12H,13H2,(H,25,27)/b24-12+. The molecule has 0 saturated heterocycles. The summed E-state index contributed by atoms with van der Waals surface area (Å²) in [4.78, 5) is 22.3. The first kappa shape index (κ1) is 21.5. The minimum atomic E-state index is -0.563. The van der Waals surface area contributed by atoms with E-state index >= 15 is 0 Å². The molecule has 0 bridgehead atoms. The Morgan fingerprint density at radius 1 is 1.17 bits per heavy atom. The molecule has 3 aromatic carbocycles. The predicted octanol–water partition coefficient (Wildman–Crippen LogP) is 5.35. The Labute approximate surface area is 185 Å². The van der Waals surface area contributed by atoms with Crippen LogP contribution in [-0.4, -0.2) is 17.0 Å². The van der Waals surface area contributed by atoms with Gasteiger partial charge in [0.2, 0.25) is 0 Å². The number of nitrogens with one attached hydrogen (secondary N) is 1. The van der Waals surface area contributed by atoms with Crippen LogP contribution in [0.5, 0.6) is 5.75 Å². The van der Waals surface area contributed by atoms with Gasteiger partial charge in [-0.3, -0.25) is 14.9 Å². The van der Waals surface area contributed by atoms with Gasteiger partial charge in [-0.25, -0.2) is 5.43 Å². The fourth-order valence-electron chi connectivity index (χ4n) is 2.48. The van der Waals surface area contributed by atoms with Gasteiger partial charge in [-0.05, 0) is 51.8 Å². The summed E-state index contributed by atoms with van der Waals surface area (Å²) in [5.41, 5.74) is 3.92. The van der Waals surface area contributed by atoms with E-state index in [2.05, 4.69) is 26.5 Å². The number of benzene rings is 3. The van der Waals surface area contributed by atoms with Crippen LogP contribution in [0.2, 0.25) is 5.02 Å². The van der Waals surface area contributed by atoms with Gasteiger partial charge in [-0.1, -0.05) is 35.9 Å². The van der Waals surface area contributed by atoms with E-state index in [1.54, 1.807) is 24.3 Å². The van der Waals surface area contributed by atoms with Crippen LogP contribution < -0.4 is 10.2 Å². The highest BCUT2D eigenvalue weighted by Gasteiger charge is 2.10. The Hall–Kier alpha value is -3.23. The highest BCUT2D eigenvalue weighted by molar-refractivity contribution is 9.10. The minimum absolute atomic E-state index is 0.144. The summed E-state index contributed by atoms with van der Waals surface area (Å²) in [6.07, 6.45) is 1.46. The number of ether oxygens (including phenoxy) is 1. The van der Waals surface area contributed by atoms with E-state index in [9.17, 15) is 14.9 Å². The van der Waals surface area contributed by atoms with Crippen LogP contribution in [-0.2, 0) is 6.61 Å². The molecule has 3 aromatic rings. The number of hydrazone groups is 1. The van der Waals surface area contributed by atoms with E-state index in [1.165, 1.54) is 30.5 Å². The Balaban J connectivity index is 1.60. The van der Waals surface area contributed by atoms with Crippen LogP contribution in [0.3, 0.4) is 0 Å². The number of hydrogen-bond acceptors (Lipinski definition) is 5. The first-order chi connectivity index (χ1) is 14.4. The maximum atomic E-state index is 12.1. The van der Waals surface area contributed by atoms with Crippen LogP contribution in [0.1, 0.15) is 21.5 Å². The molecule has 0 aliphatic carbocycles. The van der Waals surface area contributed by atoms with Gasteiger partial charge >= 0.3 is 0 Å². The molecule has 3 rings (SSSR count). The van der Waals surface area contributed by atoms with Gasteiger partial charge in [-0.2, -0.15) is 5.10 Å². The number of nitro benzene ring substituents is 1. The monoisotopic (exact) mass is 487 g/mol. The minimum Gasteiger partial charge on any atom is -0.488 e. The summed E-state index contributed by atoms with van der Waals surface area (Å²) in [6.45, 7) is 0.324. The molecule has 0 spiro atoms. The molecule has 0 fully saturated rings. The molecule has 0 heterocycles. The van der Waals surface area contributed by atoms with E-state index in [1.807, 2.05) is 18.2 Å². The van der Waals surface area contributed by atoms with Crippen molar-refractivity contribution in [2.45, 2.75) is 6.61 Å². The largest absolute Gasteiger partial charge is 0.488 e. The average molecular weight is 489 g/mol. The predicted molar refractivity (Wildman–Crippen MR) is 118 cm³/mol. The number of nitro groups is 1. The molecule has 9 heteroatoms. The number of rotatable bonds is 7. The van der Waals surface area contributed by atoms with Crippen molar-refractivity contribution in [3.8, 4) is 5.75 Å². The molecule has 0 radical (unpaired) electrons. The second-order valence-corrected chi connectivity index (χ2v) is 7.34. The molecule has 30 heavy (non-hydrogen) atoms. The lowest BCUT2D eigenvalue weighted by atomic mass is 10.2. The van der Waals surface area contributed by atoms with Gasteiger partial charge in [0.25, 0.3) is 11.6 Å². The van der Waals surface area contributed by atoms with E-state index in [0.717, 1.165) is 5.56 Å². The van der Waals surface area contributed by atoms with Crippen molar-refractivity contribution in [3.63, 3.8) is 0 Å². The summed E-state index contributed by atoms with van der Waals surface area (Å²) >= 11 is 9.58. The highest BCUT2D eigenvalue weighted by atomic mass is 79.9. The van der Waals surface area contributed by atoms with Crippen molar-refractivity contribution in [1.82, 2.24) is 5.43 Å². The molecular weight excluding hydrogens is 474 g/mol. The van der Waals surface area contributed by atoms with Crippen LogP contribution in [0, 0.1) is 10.1 Å². The lowest BCUT2D eigenvalue weighted by Crippen LogP contribution is -2.17. The lowest BCUT2D eigenvalue weighted by Gasteiger charge is -2.10. The zero-order valence-electron chi connectivity index (χ0n) is 15.4. The zero-order valence-corrected chi connectivity index (χ0v) is 17.8. The Morgan fingerprint density at radius 3 is 2.70 bits per heavy atom. The van der Waals surface area contributed by atoms with Gasteiger partial charge in [0.15, 0.2) is 0 Å². The summed E-state index contributed by atoms with van der Waals surface area (Å²) in [5.74, 6) is 0.0846. The van der Waals surface area contributed by atoms with Crippen LogP contribution in [0.25, 0.3) is 0 Å². The van der Waals surface area contributed by atoms with E-state index < -0.39 is 10.8 Å². The second-order valence-electron chi connectivity index (χ2n) is 6.08. The number of non-ortho nitro benzene ring substituents is 1. The van der Waals surface area contributed by atoms with Gasteiger partial charge in [-0.15, -0.1) is 0 Å². The van der Waals surface area contributed by atoms with Crippen molar-refractivity contribution in [2.75, 3.05) is 0 Å². The smallest absolute Gasteiger partial charge is 0.271 e. The molecular formula is C21H15BrClN3O4. The Kier molecular flexibility index (Phi) is 7.16. The molecule has 0 unspecified atom stereocenters. The topological polar surface area (TPSA) is 93.8 Å². The van der Waals surface area contributed by atoms with Crippen LogP contribution >= 0.6 is 27.5 Å². The van der Waals surface area contributed by atoms with E-state index in [0.29, 0.717) is 27.4 Å². The normalized spacial score (nSPS) is 10.7. The number of hydrogen-bond donors (Lipinski definition) is 1. The molecule has 0 atom stereocenters. The molecule has 1 amide bonds. The molecule has 7 nitrogen and oxygen atoms in total. The van der Waals surface area contributed by atoms with Crippen molar-refractivity contribution in [2.24, 2.45) is 5.10 Å². The Morgan fingerprint density at radius 2 is 1.97 bits per heavy atom. The molecule has 0 aliphatic rings. The SMILES string of the molecule is O=C(N/N=C/c1ccc(OCc2ccccc2Cl)c(Br)c1)c1cccc([N+](=O)[O-])c1. The summed E-state index contributed by atoms with van der Waals surface area (Å²) in [5, 5.41) is 15.3. The summed E-state index contributed by atoms with van der Waals surface area (Å²) in [7, 11) is 0. The molecule has 0 saturated carbocycles. The first-order valence-corrected chi connectivity index (χ1v) is 9.85. The zero-order chi connectivity index (χ0) is 21.5. The van der Waals surface area contributed by atoms with Crippen molar-refractivity contribution >= 4 is 45.3 Å². The maximum absolute atomic E-state index is 12.1. The first-order valence-electron chi connectivity index (χ1n) is 8.67. The number of amides is 1. The third-order valence-corrected chi connectivity index (χ3v) is 4.98. The van der Waals surface area contributed by atoms with Crippen LogP contribution in [0.4, 0.5) is 5.69 Å². The van der Waals surface area contributed by atoms with Gasteiger partial charge in [0, 0.05) is 28.3 Å².